The molecule has 1 aromatic rings. The number of aromatic hydroxyl groups is 2. The van der Waals surface area contributed by atoms with Crippen LogP contribution in [0.25, 0.3) is 0 Å². The molecule has 0 aliphatic carbocycles. The van der Waals surface area contributed by atoms with Crippen molar-refractivity contribution in [3.05, 3.63) is 23.8 Å². The summed E-state index contributed by atoms with van der Waals surface area (Å²) in [6.07, 6.45) is 0. The first kappa shape index (κ1) is 17.3. The summed E-state index contributed by atoms with van der Waals surface area (Å²) >= 11 is 0. The predicted molar refractivity (Wildman–Crippen MR) is 77.1 cm³/mol. The van der Waals surface area contributed by atoms with Gasteiger partial charge < -0.3 is 15.5 Å². The van der Waals surface area contributed by atoms with E-state index in [1.165, 1.54) is 6.07 Å². The Hall–Kier alpha value is -0.680. The highest BCUT2D eigenvalue weighted by Gasteiger charge is 2.21. The Bertz CT molecular complexity index is 371. The Labute approximate surface area is 120 Å². The van der Waals surface area contributed by atoms with Gasteiger partial charge in [-0.25, -0.2) is 0 Å². The number of para-hydroxylation sites is 1. The maximum absolute atomic E-state index is 9.81. The largest absolute Gasteiger partial charge is 0.504 e. The molecule has 0 radical (unpaired) electrons. The third-order valence-corrected chi connectivity index (χ3v) is 3.20. The van der Waals surface area contributed by atoms with Gasteiger partial charge in [-0.2, -0.15) is 0 Å². The highest BCUT2D eigenvalue weighted by atomic mass is 35.5. The summed E-state index contributed by atoms with van der Waals surface area (Å²) in [4.78, 5) is 2.30. The Kier molecular flexibility index (Phi) is 7.40. The van der Waals surface area contributed by atoms with E-state index in [0.717, 1.165) is 31.7 Å². The van der Waals surface area contributed by atoms with E-state index in [9.17, 15) is 10.2 Å². The van der Waals surface area contributed by atoms with Crippen molar-refractivity contribution < 1.29 is 10.2 Å². The van der Waals surface area contributed by atoms with E-state index in [1.807, 2.05) is 6.07 Å². The zero-order chi connectivity index (χ0) is 11.5. The van der Waals surface area contributed by atoms with Crippen LogP contribution in [-0.2, 0) is 0 Å². The van der Waals surface area contributed by atoms with Gasteiger partial charge in [0, 0.05) is 37.8 Å². The number of phenols is 2. The summed E-state index contributed by atoms with van der Waals surface area (Å²) in [5.41, 5.74) is 0.793. The van der Waals surface area contributed by atoms with Gasteiger partial charge in [0.1, 0.15) is 0 Å². The quantitative estimate of drug-likeness (QED) is 0.730. The van der Waals surface area contributed by atoms with Crippen LogP contribution in [0.2, 0.25) is 0 Å². The number of nitrogens with one attached hydrogen (secondary N) is 1. The average Bonchev–Trinajstić information content (AvgIpc) is 2.33. The Morgan fingerprint density at radius 3 is 2.39 bits per heavy atom. The molecule has 3 N–H and O–H groups in total. The maximum atomic E-state index is 9.81. The molecule has 1 saturated heterocycles. The molecule has 0 amide bonds. The van der Waals surface area contributed by atoms with E-state index in [-0.39, 0.29) is 42.4 Å². The molecule has 1 heterocycles. The van der Waals surface area contributed by atoms with Crippen molar-refractivity contribution >= 4 is 24.8 Å². The molecule has 0 saturated carbocycles. The fraction of sp³-hybridized carbons (Fsp3) is 0.500. The van der Waals surface area contributed by atoms with Crippen molar-refractivity contribution in [2.75, 3.05) is 26.2 Å². The number of halogens is 2. The van der Waals surface area contributed by atoms with Crippen LogP contribution in [0.5, 0.6) is 11.5 Å². The van der Waals surface area contributed by atoms with Crippen LogP contribution in [0.3, 0.4) is 0 Å². The SMILES string of the molecule is C[C@@H](c1cccc(O)c1O)N1CCNCC1.Cl.Cl. The lowest BCUT2D eigenvalue weighted by Gasteiger charge is -2.33. The van der Waals surface area contributed by atoms with E-state index in [4.69, 9.17) is 0 Å². The molecular formula is C12H20Cl2N2O2. The average molecular weight is 295 g/mol. The summed E-state index contributed by atoms with van der Waals surface area (Å²) in [5.74, 6) is -0.0342. The van der Waals surface area contributed by atoms with E-state index < -0.39 is 0 Å². The first-order valence-electron chi connectivity index (χ1n) is 5.66. The molecule has 1 fully saturated rings. The second-order valence-corrected chi connectivity index (χ2v) is 4.18. The van der Waals surface area contributed by atoms with Gasteiger partial charge in [-0.05, 0) is 13.0 Å². The van der Waals surface area contributed by atoms with Crippen molar-refractivity contribution in [3.8, 4) is 11.5 Å². The molecule has 0 unspecified atom stereocenters. The molecule has 1 atom stereocenters. The minimum Gasteiger partial charge on any atom is -0.504 e. The van der Waals surface area contributed by atoms with Crippen molar-refractivity contribution in [1.82, 2.24) is 10.2 Å². The predicted octanol–water partition coefficient (Wildman–Crippen LogP) is 1.91. The van der Waals surface area contributed by atoms with Gasteiger partial charge in [0.2, 0.25) is 0 Å². The number of piperazine rings is 1. The zero-order valence-electron chi connectivity index (χ0n) is 10.3. The fourth-order valence-electron chi connectivity index (χ4n) is 2.15. The van der Waals surface area contributed by atoms with Crippen LogP contribution in [-0.4, -0.2) is 41.3 Å². The summed E-state index contributed by atoms with van der Waals surface area (Å²) in [5, 5.41) is 22.6. The number of benzene rings is 1. The molecule has 0 spiro atoms. The third kappa shape index (κ3) is 3.65. The number of hydrogen-bond donors (Lipinski definition) is 3. The van der Waals surface area contributed by atoms with Gasteiger partial charge in [0.25, 0.3) is 0 Å². The van der Waals surface area contributed by atoms with Crippen molar-refractivity contribution in [2.45, 2.75) is 13.0 Å². The van der Waals surface area contributed by atoms with E-state index in [2.05, 4.69) is 17.1 Å². The van der Waals surface area contributed by atoms with Crippen LogP contribution < -0.4 is 5.32 Å². The second kappa shape index (κ2) is 7.69. The molecule has 0 bridgehead atoms. The number of rotatable bonds is 2. The normalized spacial score (nSPS) is 17.4. The van der Waals surface area contributed by atoms with E-state index in [1.54, 1.807) is 6.07 Å². The second-order valence-electron chi connectivity index (χ2n) is 4.18. The van der Waals surface area contributed by atoms with Gasteiger partial charge in [0.05, 0.1) is 0 Å². The van der Waals surface area contributed by atoms with E-state index in [0.29, 0.717) is 0 Å². The highest BCUT2D eigenvalue weighted by Crippen LogP contribution is 2.34. The highest BCUT2D eigenvalue weighted by molar-refractivity contribution is 5.85. The molecule has 1 aliphatic heterocycles. The van der Waals surface area contributed by atoms with E-state index >= 15 is 0 Å². The molecule has 104 valence electrons. The zero-order valence-corrected chi connectivity index (χ0v) is 11.9. The van der Waals surface area contributed by atoms with Crippen LogP contribution >= 0.6 is 24.8 Å². The first-order chi connectivity index (χ1) is 7.70. The lowest BCUT2D eigenvalue weighted by molar-refractivity contribution is 0.182. The van der Waals surface area contributed by atoms with Crippen LogP contribution in [0.4, 0.5) is 0 Å². The number of nitrogens with zero attached hydrogens (tertiary/aromatic N) is 1. The van der Waals surface area contributed by atoms with Gasteiger partial charge in [0.15, 0.2) is 11.5 Å². The molecule has 1 aliphatic rings. The van der Waals surface area contributed by atoms with Gasteiger partial charge in [-0.15, -0.1) is 24.8 Å². The summed E-state index contributed by atoms with van der Waals surface area (Å²) < 4.78 is 0. The lowest BCUT2D eigenvalue weighted by Crippen LogP contribution is -2.44. The molecule has 18 heavy (non-hydrogen) atoms. The first-order valence-corrected chi connectivity index (χ1v) is 5.66. The minimum absolute atomic E-state index is 0. The Balaban J connectivity index is 0.00000144. The fourth-order valence-corrected chi connectivity index (χ4v) is 2.15. The third-order valence-electron chi connectivity index (χ3n) is 3.20. The number of hydrogen-bond acceptors (Lipinski definition) is 4. The topological polar surface area (TPSA) is 55.7 Å². The van der Waals surface area contributed by atoms with Gasteiger partial charge in [-0.1, -0.05) is 12.1 Å². The van der Waals surface area contributed by atoms with Crippen molar-refractivity contribution in [3.63, 3.8) is 0 Å². The summed E-state index contributed by atoms with van der Waals surface area (Å²) in [7, 11) is 0. The molecule has 4 nitrogen and oxygen atoms in total. The van der Waals surface area contributed by atoms with Crippen LogP contribution in [0.1, 0.15) is 18.5 Å². The van der Waals surface area contributed by atoms with Gasteiger partial charge in [-0.3, -0.25) is 4.90 Å². The van der Waals surface area contributed by atoms with Crippen molar-refractivity contribution in [1.29, 1.82) is 0 Å². The minimum atomic E-state index is -0.0421. The molecular weight excluding hydrogens is 275 g/mol. The smallest absolute Gasteiger partial charge is 0.162 e. The van der Waals surface area contributed by atoms with Crippen LogP contribution in [0.15, 0.2) is 18.2 Å². The summed E-state index contributed by atoms with van der Waals surface area (Å²) in [6.45, 7) is 5.94. The van der Waals surface area contributed by atoms with Gasteiger partial charge >= 0.3 is 0 Å². The Morgan fingerprint density at radius 2 is 1.78 bits per heavy atom. The molecule has 6 heteroatoms. The molecule has 2 rings (SSSR count). The molecule has 1 aromatic carbocycles. The van der Waals surface area contributed by atoms with Crippen molar-refractivity contribution in [2.24, 2.45) is 0 Å². The molecule has 0 aromatic heterocycles. The lowest BCUT2D eigenvalue weighted by atomic mass is 10.0. The monoisotopic (exact) mass is 294 g/mol. The Morgan fingerprint density at radius 1 is 1.17 bits per heavy atom. The summed E-state index contributed by atoms with van der Waals surface area (Å²) in [6, 6.07) is 5.27. The standard InChI is InChI=1S/C12H18N2O2.2ClH/c1-9(14-7-5-13-6-8-14)10-3-2-4-11(15)12(10)16;;/h2-4,9,13,15-16H,5-8H2,1H3;2*1H/t9-;;/m0../s1. The van der Waals surface area contributed by atoms with Crippen LogP contribution in [0, 0.1) is 0 Å². The maximum Gasteiger partial charge on any atom is 0.162 e. The number of phenolic OH excluding ortho intramolecular Hbond substituents is 2.